The molecule has 0 atom stereocenters. The lowest BCUT2D eigenvalue weighted by molar-refractivity contribution is -0.117. The predicted molar refractivity (Wildman–Crippen MR) is 90.2 cm³/mol. The molecule has 0 saturated heterocycles. The molecule has 1 aromatic carbocycles. The number of ether oxygens (including phenoxy) is 1. The van der Waals surface area contributed by atoms with Crippen LogP contribution in [0.4, 0.5) is 0 Å². The summed E-state index contributed by atoms with van der Waals surface area (Å²) in [5.74, 6) is 0.752. The van der Waals surface area contributed by atoms with E-state index >= 15 is 0 Å². The monoisotopic (exact) mass is 325 g/mol. The van der Waals surface area contributed by atoms with Crippen LogP contribution in [-0.2, 0) is 11.2 Å². The molecule has 0 spiro atoms. The first-order chi connectivity index (χ1) is 11.2. The third-order valence-corrected chi connectivity index (χ3v) is 4.16. The molecule has 5 nitrogen and oxygen atoms in total. The summed E-state index contributed by atoms with van der Waals surface area (Å²) in [6.45, 7) is 0. The molecule has 6 heteroatoms. The van der Waals surface area contributed by atoms with Gasteiger partial charge in [0.25, 0.3) is 0 Å². The number of nitrogens with zero attached hydrogens (tertiary/aromatic N) is 2. The molecular weight excluding hydrogens is 310 g/mol. The van der Waals surface area contributed by atoms with Crippen LogP contribution in [0.25, 0.3) is 21.8 Å². The van der Waals surface area contributed by atoms with Gasteiger partial charge in [0.15, 0.2) is 0 Å². The second kappa shape index (κ2) is 6.58. The minimum Gasteiger partial charge on any atom is -0.497 e. The summed E-state index contributed by atoms with van der Waals surface area (Å²) >= 11 is 1.59. The summed E-state index contributed by atoms with van der Waals surface area (Å²) in [5.41, 5.74) is 7.76. The maximum absolute atomic E-state index is 11.2. The molecule has 0 saturated carbocycles. The second-order valence-corrected chi connectivity index (χ2v) is 5.85. The smallest absolute Gasteiger partial charge is 0.225 e. The molecule has 2 heterocycles. The number of thiophene rings is 1. The highest BCUT2D eigenvalue weighted by Crippen LogP contribution is 2.28. The summed E-state index contributed by atoms with van der Waals surface area (Å²) in [5, 5.41) is 1.98. The van der Waals surface area contributed by atoms with E-state index in [4.69, 9.17) is 10.5 Å². The van der Waals surface area contributed by atoms with Gasteiger partial charge in [0.1, 0.15) is 11.6 Å². The van der Waals surface area contributed by atoms with E-state index in [9.17, 15) is 4.79 Å². The first-order valence-corrected chi connectivity index (χ1v) is 7.88. The number of rotatable bonds is 5. The number of amides is 1. The number of hydrogen-bond acceptors (Lipinski definition) is 5. The molecule has 0 aliphatic carbocycles. The van der Waals surface area contributed by atoms with Gasteiger partial charge in [0.2, 0.25) is 5.91 Å². The van der Waals surface area contributed by atoms with Gasteiger partial charge in [-0.25, -0.2) is 9.97 Å². The van der Waals surface area contributed by atoms with Gasteiger partial charge >= 0.3 is 0 Å². The molecule has 0 aliphatic heterocycles. The van der Waals surface area contributed by atoms with Gasteiger partial charge < -0.3 is 10.5 Å². The summed E-state index contributed by atoms with van der Waals surface area (Å²) in [6, 6.07) is 13.5. The van der Waals surface area contributed by atoms with Crippen molar-refractivity contribution in [3.63, 3.8) is 0 Å². The Balaban J connectivity index is 2.07. The van der Waals surface area contributed by atoms with Crippen LogP contribution in [0.15, 0.2) is 47.8 Å². The van der Waals surface area contributed by atoms with Crippen LogP contribution in [0.1, 0.15) is 5.82 Å². The van der Waals surface area contributed by atoms with Gasteiger partial charge in [-0.2, -0.15) is 0 Å². The number of carbonyl (C=O) groups is 1. The van der Waals surface area contributed by atoms with E-state index in [1.807, 2.05) is 47.8 Å². The number of nitrogens with two attached hydrogens (primary N) is 1. The quantitative estimate of drug-likeness (QED) is 0.782. The highest BCUT2D eigenvalue weighted by Gasteiger charge is 2.11. The van der Waals surface area contributed by atoms with Gasteiger partial charge in [-0.15, -0.1) is 11.3 Å². The number of aromatic nitrogens is 2. The lowest BCUT2D eigenvalue weighted by Gasteiger charge is -2.07. The zero-order chi connectivity index (χ0) is 16.2. The number of primary amides is 1. The van der Waals surface area contributed by atoms with E-state index in [1.165, 1.54) is 0 Å². The van der Waals surface area contributed by atoms with Crippen molar-refractivity contribution in [2.75, 3.05) is 7.11 Å². The van der Waals surface area contributed by atoms with Crippen LogP contribution in [0, 0.1) is 0 Å². The van der Waals surface area contributed by atoms with Crippen molar-refractivity contribution in [1.82, 2.24) is 9.97 Å². The van der Waals surface area contributed by atoms with Gasteiger partial charge in [-0.05, 0) is 41.8 Å². The third kappa shape index (κ3) is 3.54. The van der Waals surface area contributed by atoms with E-state index in [0.29, 0.717) is 5.82 Å². The van der Waals surface area contributed by atoms with Crippen LogP contribution in [0.5, 0.6) is 5.75 Å². The summed E-state index contributed by atoms with van der Waals surface area (Å²) < 4.78 is 5.17. The molecule has 0 aliphatic rings. The van der Waals surface area contributed by atoms with E-state index in [-0.39, 0.29) is 6.42 Å². The molecule has 0 bridgehead atoms. The Morgan fingerprint density at radius 2 is 1.91 bits per heavy atom. The third-order valence-electron chi connectivity index (χ3n) is 3.26. The molecule has 23 heavy (non-hydrogen) atoms. The molecule has 3 rings (SSSR count). The fourth-order valence-electron chi connectivity index (χ4n) is 2.19. The zero-order valence-corrected chi connectivity index (χ0v) is 13.3. The topological polar surface area (TPSA) is 78.1 Å². The zero-order valence-electron chi connectivity index (χ0n) is 12.5. The molecule has 2 N–H and O–H groups in total. The Morgan fingerprint density at radius 3 is 2.52 bits per heavy atom. The highest BCUT2D eigenvalue weighted by atomic mass is 32.1. The van der Waals surface area contributed by atoms with Gasteiger partial charge in [-0.1, -0.05) is 6.07 Å². The summed E-state index contributed by atoms with van der Waals surface area (Å²) in [6.07, 6.45) is 0.0162. The van der Waals surface area contributed by atoms with Crippen molar-refractivity contribution >= 4 is 17.2 Å². The first kappa shape index (κ1) is 15.2. The Morgan fingerprint density at radius 1 is 1.17 bits per heavy atom. The second-order valence-electron chi connectivity index (χ2n) is 4.90. The fourth-order valence-corrected chi connectivity index (χ4v) is 2.88. The predicted octanol–water partition coefficient (Wildman–Crippen LogP) is 2.91. The molecule has 0 radical (unpaired) electrons. The summed E-state index contributed by atoms with van der Waals surface area (Å²) in [4.78, 5) is 21.2. The van der Waals surface area contributed by atoms with E-state index in [0.717, 1.165) is 27.6 Å². The van der Waals surface area contributed by atoms with Crippen LogP contribution in [-0.4, -0.2) is 23.0 Å². The SMILES string of the molecule is COc1ccc(-c2cc(-c3cccs3)nc(CC(N)=O)n2)cc1. The molecule has 116 valence electrons. The van der Waals surface area contributed by atoms with Crippen molar-refractivity contribution in [3.8, 4) is 27.6 Å². The first-order valence-electron chi connectivity index (χ1n) is 7.00. The Hall–Kier alpha value is -2.73. The molecule has 0 unspecified atom stereocenters. The van der Waals surface area contributed by atoms with Crippen LogP contribution in [0.3, 0.4) is 0 Å². The maximum Gasteiger partial charge on any atom is 0.225 e. The Bertz CT molecular complexity index is 814. The minimum absolute atomic E-state index is 0.0162. The summed E-state index contributed by atoms with van der Waals surface area (Å²) in [7, 11) is 1.62. The molecule has 3 aromatic rings. The van der Waals surface area contributed by atoms with Gasteiger partial charge in [-0.3, -0.25) is 4.79 Å². The van der Waals surface area contributed by atoms with Crippen molar-refractivity contribution in [2.24, 2.45) is 5.73 Å². The van der Waals surface area contributed by atoms with Crippen molar-refractivity contribution in [1.29, 1.82) is 0 Å². The maximum atomic E-state index is 11.2. The average molecular weight is 325 g/mol. The molecule has 2 aromatic heterocycles. The van der Waals surface area contributed by atoms with Gasteiger partial charge in [0.05, 0.1) is 29.8 Å². The molecule has 0 fully saturated rings. The van der Waals surface area contributed by atoms with Gasteiger partial charge in [0, 0.05) is 5.56 Å². The normalized spacial score (nSPS) is 10.5. The van der Waals surface area contributed by atoms with Crippen molar-refractivity contribution in [3.05, 3.63) is 53.7 Å². The molecular formula is C17H15N3O2S. The van der Waals surface area contributed by atoms with Crippen LogP contribution >= 0.6 is 11.3 Å². The van der Waals surface area contributed by atoms with E-state index in [1.54, 1.807) is 18.4 Å². The van der Waals surface area contributed by atoms with Crippen LogP contribution < -0.4 is 10.5 Å². The van der Waals surface area contributed by atoms with Crippen LogP contribution in [0.2, 0.25) is 0 Å². The van der Waals surface area contributed by atoms with E-state index < -0.39 is 5.91 Å². The number of methoxy groups -OCH3 is 1. The highest BCUT2D eigenvalue weighted by molar-refractivity contribution is 7.13. The lowest BCUT2D eigenvalue weighted by atomic mass is 10.1. The van der Waals surface area contributed by atoms with Crippen molar-refractivity contribution in [2.45, 2.75) is 6.42 Å². The molecule has 1 amide bonds. The number of hydrogen-bond donors (Lipinski definition) is 1. The van der Waals surface area contributed by atoms with E-state index in [2.05, 4.69) is 9.97 Å². The minimum atomic E-state index is -0.450. The Labute approximate surface area is 137 Å². The largest absolute Gasteiger partial charge is 0.497 e. The standard InChI is InChI=1S/C17H15N3O2S/c1-22-12-6-4-11(5-7-12)13-9-14(15-3-2-8-23-15)20-17(19-13)10-16(18)21/h2-9H,10H2,1H3,(H2,18,21). The number of benzene rings is 1. The number of carbonyl (C=O) groups excluding carboxylic acids is 1. The fraction of sp³-hybridized carbons (Fsp3) is 0.118. The average Bonchev–Trinajstić information content (AvgIpc) is 3.08. The lowest BCUT2D eigenvalue weighted by Crippen LogP contribution is -2.16. The van der Waals surface area contributed by atoms with Crippen molar-refractivity contribution < 1.29 is 9.53 Å². The Kier molecular flexibility index (Phi) is 4.34.